The van der Waals surface area contributed by atoms with Gasteiger partial charge in [-0.05, 0) is 18.2 Å². The van der Waals surface area contributed by atoms with Gasteiger partial charge in [0.15, 0.2) is 5.75 Å². The van der Waals surface area contributed by atoms with Crippen molar-refractivity contribution in [1.82, 2.24) is 5.32 Å². The molecule has 6 heteroatoms. The van der Waals surface area contributed by atoms with Crippen LogP contribution in [-0.2, 0) is 0 Å². The maximum Gasteiger partial charge on any atom is 0.413 e. The van der Waals surface area contributed by atoms with Crippen LogP contribution >= 0.6 is 23.2 Å². The highest BCUT2D eigenvalue weighted by atomic mass is 35.5. The first-order valence-electron chi connectivity index (χ1n) is 3.91. The van der Waals surface area contributed by atoms with Crippen molar-refractivity contribution in [2.24, 2.45) is 0 Å². The number of benzene rings is 1. The van der Waals surface area contributed by atoms with E-state index in [2.05, 4.69) is 5.32 Å². The zero-order valence-electron chi connectivity index (χ0n) is 7.46. The van der Waals surface area contributed by atoms with Crippen molar-refractivity contribution < 1.29 is 9.53 Å². The lowest BCUT2D eigenvalue weighted by Crippen LogP contribution is -2.26. The topological polar surface area (TPSA) is 62.1 Å². The number of hydrogen-bond donors (Lipinski definition) is 1. The molecule has 0 bridgehead atoms. The van der Waals surface area contributed by atoms with Crippen LogP contribution in [0.5, 0.6) is 5.75 Å². The van der Waals surface area contributed by atoms with Gasteiger partial charge < -0.3 is 10.1 Å². The van der Waals surface area contributed by atoms with E-state index in [1.54, 1.807) is 12.1 Å². The van der Waals surface area contributed by atoms with E-state index in [9.17, 15) is 4.79 Å². The van der Waals surface area contributed by atoms with E-state index in [1.807, 2.05) is 0 Å². The molecule has 4 nitrogen and oxygen atoms in total. The minimum Gasteiger partial charge on any atom is -0.409 e. The van der Waals surface area contributed by atoms with Crippen molar-refractivity contribution in [3.05, 3.63) is 28.2 Å². The molecule has 1 aromatic rings. The third-order valence-corrected chi connectivity index (χ3v) is 1.94. The summed E-state index contributed by atoms with van der Waals surface area (Å²) >= 11 is 11.4. The maximum atomic E-state index is 11.0. The number of nitrogens with zero attached hydrogens (tertiary/aromatic N) is 1. The van der Waals surface area contributed by atoms with E-state index >= 15 is 0 Å². The maximum absolute atomic E-state index is 11.0. The molecule has 1 amide bonds. The van der Waals surface area contributed by atoms with Crippen molar-refractivity contribution in [3.8, 4) is 11.8 Å². The minimum atomic E-state index is -0.735. The zero-order chi connectivity index (χ0) is 11.3. The molecule has 78 valence electrons. The summed E-state index contributed by atoms with van der Waals surface area (Å²) in [5, 5.41) is 11.1. The fraction of sp³-hybridized carbons (Fsp3) is 0.111. The van der Waals surface area contributed by atoms with Crippen molar-refractivity contribution >= 4 is 29.3 Å². The highest BCUT2D eigenvalue weighted by molar-refractivity contribution is 6.35. The fourth-order valence-electron chi connectivity index (χ4n) is 0.806. The normalized spacial score (nSPS) is 9.13. The highest BCUT2D eigenvalue weighted by Crippen LogP contribution is 2.27. The molecule has 0 aliphatic rings. The molecule has 1 N–H and O–H groups in total. The summed E-state index contributed by atoms with van der Waals surface area (Å²) < 4.78 is 4.81. The van der Waals surface area contributed by atoms with Crippen LogP contribution in [0.4, 0.5) is 4.79 Å². The molecule has 0 saturated heterocycles. The van der Waals surface area contributed by atoms with E-state index < -0.39 is 6.09 Å². The van der Waals surface area contributed by atoms with E-state index in [0.717, 1.165) is 0 Å². The lowest BCUT2D eigenvalue weighted by Gasteiger charge is -2.05. The van der Waals surface area contributed by atoms with Crippen molar-refractivity contribution in [2.75, 3.05) is 6.54 Å². The Morgan fingerprint density at radius 3 is 2.87 bits per heavy atom. The summed E-state index contributed by atoms with van der Waals surface area (Å²) in [6.07, 6.45) is -0.735. The monoisotopic (exact) mass is 244 g/mol. The molecule has 0 radical (unpaired) electrons. The van der Waals surface area contributed by atoms with Gasteiger partial charge in [0.25, 0.3) is 0 Å². The number of nitriles is 1. The molecule has 1 rings (SSSR count). The molecule has 0 fully saturated rings. The van der Waals surface area contributed by atoms with Crippen LogP contribution in [0, 0.1) is 11.3 Å². The van der Waals surface area contributed by atoms with Gasteiger partial charge in [0, 0.05) is 5.02 Å². The van der Waals surface area contributed by atoms with Crippen LogP contribution in [0.3, 0.4) is 0 Å². The van der Waals surface area contributed by atoms with Crippen LogP contribution in [0.15, 0.2) is 18.2 Å². The second kappa shape index (κ2) is 5.44. The first-order chi connectivity index (χ1) is 7.13. The molecule has 0 unspecified atom stereocenters. The van der Waals surface area contributed by atoms with Gasteiger partial charge in [0.2, 0.25) is 0 Å². The van der Waals surface area contributed by atoms with Crippen molar-refractivity contribution in [2.45, 2.75) is 0 Å². The summed E-state index contributed by atoms with van der Waals surface area (Å²) in [7, 11) is 0. The number of carbonyl (C=O) groups is 1. The van der Waals surface area contributed by atoms with E-state index in [-0.39, 0.29) is 17.3 Å². The number of ether oxygens (including phenoxy) is 1. The molecular weight excluding hydrogens is 239 g/mol. The highest BCUT2D eigenvalue weighted by Gasteiger charge is 2.07. The van der Waals surface area contributed by atoms with Crippen molar-refractivity contribution in [1.29, 1.82) is 5.26 Å². The summed E-state index contributed by atoms with van der Waals surface area (Å²) in [5.74, 6) is 0.191. The van der Waals surface area contributed by atoms with Gasteiger partial charge in [-0.2, -0.15) is 5.26 Å². The first kappa shape index (κ1) is 11.6. The quantitative estimate of drug-likeness (QED) is 0.814. The zero-order valence-corrected chi connectivity index (χ0v) is 8.97. The summed E-state index contributed by atoms with van der Waals surface area (Å²) in [4.78, 5) is 11.0. The van der Waals surface area contributed by atoms with Gasteiger partial charge in [-0.1, -0.05) is 23.2 Å². The second-order valence-corrected chi connectivity index (χ2v) is 3.32. The summed E-state index contributed by atoms with van der Waals surface area (Å²) in [5.41, 5.74) is 0. The SMILES string of the molecule is N#CCNC(=O)Oc1ccc(Cl)cc1Cl. The average molecular weight is 245 g/mol. The van der Waals surface area contributed by atoms with Crippen LogP contribution in [0.2, 0.25) is 10.0 Å². The predicted molar refractivity (Wildman–Crippen MR) is 56.1 cm³/mol. The number of hydrogen-bond acceptors (Lipinski definition) is 3. The molecule has 0 aromatic heterocycles. The Labute approximate surface area is 96.4 Å². The smallest absolute Gasteiger partial charge is 0.409 e. The Morgan fingerprint density at radius 1 is 1.53 bits per heavy atom. The van der Waals surface area contributed by atoms with Crippen LogP contribution in [0.1, 0.15) is 0 Å². The molecule has 0 saturated carbocycles. The molecule has 0 aliphatic heterocycles. The molecule has 15 heavy (non-hydrogen) atoms. The third-order valence-electron chi connectivity index (χ3n) is 1.41. The second-order valence-electron chi connectivity index (χ2n) is 2.48. The summed E-state index contributed by atoms with van der Waals surface area (Å²) in [6.45, 7) is -0.121. The number of rotatable bonds is 2. The number of amides is 1. The van der Waals surface area contributed by atoms with E-state index in [0.29, 0.717) is 5.02 Å². The fourth-order valence-corrected chi connectivity index (χ4v) is 1.25. The van der Waals surface area contributed by atoms with Gasteiger partial charge in [-0.15, -0.1) is 0 Å². The number of carbonyl (C=O) groups excluding carboxylic acids is 1. The van der Waals surface area contributed by atoms with Crippen molar-refractivity contribution in [3.63, 3.8) is 0 Å². The first-order valence-corrected chi connectivity index (χ1v) is 4.67. The standard InChI is InChI=1S/C9H6Cl2N2O2/c10-6-1-2-8(7(11)5-6)15-9(14)13-4-3-12/h1-2,5H,4H2,(H,13,14). The lowest BCUT2D eigenvalue weighted by molar-refractivity contribution is 0.202. The number of nitrogens with one attached hydrogen (secondary N) is 1. The molecular formula is C9H6Cl2N2O2. The molecule has 0 aliphatic carbocycles. The Bertz CT molecular complexity index is 415. The lowest BCUT2D eigenvalue weighted by atomic mass is 10.3. The van der Waals surface area contributed by atoms with Crippen LogP contribution in [0.25, 0.3) is 0 Å². The molecule has 0 spiro atoms. The molecule has 0 heterocycles. The van der Waals surface area contributed by atoms with Crippen LogP contribution in [-0.4, -0.2) is 12.6 Å². The average Bonchev–Trinajstić information content (AvgIpc) is 2.19. The largest absolute Gasteiger partial charge is 0.413 e. The Kier molecular flexibility index (Phi) is 4.22. The van der Waals surface area contributed by atoms with Gasteiger partial charge >= 0.3 is 6.09 Å². The summed E-state index contributed by atoms with van der Waals surface area (Å²) in [6, 6.07) is 6.21. The van der Waals surface area contributed by atoms with Gasteiger partial charge in [0.1, 0.15) is 6.54 Å². The third kappa shape index (κ3) is 3.66. The van der Waals surface area contributed by atoms with E-state index in [1.165, 1.54) is 12.1 Å². The molecule has 1 aromatic carbocycles. The minimum absolute atomic E-state index is 0.121. The Balaban J connectivity index is 2.65. The Hall–Kier alpha value is -1.44. The van der Waals surface area contributed by atoms with E-state index in [4.69, 9.17) is 33.2 Å². The molecule has 0 atom stereocenters. The Morgan fingerprint density at radius 2 is 2.27 bits per heavy atom. The van der Waals surface area contributed by atoms with Gasteiger partial charge in [-0.3, -0.25) is 0 Å². The van der Waals surface area contributed by atoms with Crippen LogP contribution < -0.4 is 10.1 Å². The van der Waals surface area contributed by atoms with Gasteiger partial charge in [0.05, 0.1) is 11.1 Å². The number of halogens is 2. The predicted octanol–water partition coefficient (Wildman–Crippen LogP) is 2.61. The van der Waals surface area contributed by atoms with Gasteiger partial charge in [-0.25, -0.2) is 4.79 Å².